The number of benzene rings is 1. The smallest absolute Gasteiger partial charge is 0.272 e. The second kappa shape index (κ2) is 5.60. The van der Waals surface area contributed by atoms with Gasteiger partial charge in [0.25, 0.3) is 5.91 Å². The van der Waals surface area contributed by atoms with Crippen LogP contribution in [0.3, 0.4) is 0 Å². The largest absolute Gasteiger partial charge is 0.335 e. The van der Waals surface area contributed by atoms with Crippen LogP contribution in [0.1, 0.15) is 36.2 Å². The number of para-hydroxylation sites is 1. The molecule has 23 heavy (non-hydrogen) atoms. The number of nitrogens with zero attached hydrogens (tertiary/aromatic N) is 3. The van der Waals surface area contributed by atoms with E-state index in [1.165, 1.54) is 19.3 Å². The van der Waals surface area contributed by atoms with Gasteiger partial charge in [0.1, 0.15) is 5.69 Å². The van der Waals surface area contributed by atoms with Crippen molar-refractivity contribution in [2.75, 3.05) is 26.7 Å². The van der Waals surface area contributed by atoms with E-state index in [1.54, 1.807) is 0 Å². The Hall–Kier alpha value is -1.94. The molecule has 0 aliphatic carbocycles. The Morgan fingerprint density at radius 2 is 1.87 bits per heavy atom. The highest BCUT2D eigenvalue weighted by molar-refractivity contribution is 5.95. The van der Waals surface area contributed by atoms with E-state index in [0.717, 1.165) is 37.0 Å². The van der Waals surface area contributed by atoms with E-state index in [9.17, 15) is 4.79 Å². The molecule has 3 heterocycles. The zero-order chi connectivity index (χ0) is 15.9. The third kappa shape index (κ3) is 2.51. The van der Waals surface area contributed by atoms with Crippen LogP contribution in [-0.4, -0.2) is 52.9 Å². The van der Waals surface area contributed by atoms with Crippen molar-refractivity contribution >= 4 is 16.8 Å². The lowest BCUT2D eigenvalue weighted by atomic mass is 9.86. The Labute approximate surface area is 137 Å². The number of carbonyl (C=O) groups excluding carboxylic acids is 1. The van der Waals surface area contributed by atoms with Gasteiger partial charge in [-0.1, -0.05) is 24.3 Å². The fraction of sp³-hybridized carbons (Fsp3) is 0.474. The van der Waals surface area contributed by atoms with Crippen LogP contribution >= 0.6 is 0 Å². The minimum Gasteiger partial charge on any atom is -0.335 e. The van der Waals surface area contributed by atoms with E-state index in [1.807, 2.05) is 41.3 Å². The van der Waals surface area contributed by atoms with Gasteiger partial charge in [0.05, 0.1) is 5.52 Å². The minimum absolute atomic E-state index is 0.0788. The van der Waals surface area contributed by atoms with E-state index in [-0.39, 0.29) is 11.4 Å². The van der Waals surface area contributed by atoms with Gasteiger partial charge in [0, 0.05) is 24.0 Å². The standard InChI is InChI=1S/C19H23N3O/c1-21-12-4-10-19(21)11-5-13-22(14-19)18(23)17-9-8-15-6-2-3-7-16(15)20-17/h2-3,6-9H,4-5,10-14H2,1H3/t19-/m1/s1. The van der Waals surface area contributed by atoms with Crippen molar-refractivity contribution in [3.05, 3.63) is 42.1 Å². The molecule has 1 atom stereocenters. The Bertz CT molecular complexity index is 744. The number of rotatable bonds is 1. The lowest BCUT2D eigenvalue weighted by Crippen LogP contribution is -2.55. The number of amides is 1. The van der Waals surface area contributed by atoms with Gasteiger partial charge < -0.3 is 4.90 Å². The quantitative estimate of drug-likeness (QED) is 0.812. The Morgan fingerprint density at radius 1 is 1.09 bits per heavy atom. The molecule has 4 rings (SSSR count). The molecule has 2 saturated heterocycles. The van der Waals surface area contributed by atoms with Crippen molar-refractivity contribution in [1.82, 2.24) is 14.8 Å². The average Bonchev–Trinajstić information content (AvgIpc) is 2.93. The highest BCUT2D eigenvalue weighted by Crippen LogP contribution is 2.36. The zero-order valence-corrected chi connectivity index (χ0v) is 13.7. The summed E-state index contributed by atoms with van der Waals surface area (Å²) < 4.78 is 0. The maximum absolute atomic E-state index is 12.9. The van der Waals surface area contributed by atoms with Crippen LogP contribution in [0.2, 0.25) is 0 Å². The SMILES string of the molecule is CN1CCC[C@]12CCCN(C(=O)c1ccc3ccccc3n1)C2. The number of carbonyl (C=O) groups is 1. The third-order valence-corrected chi connectivity index (χ3v) is 5.61. The Morgan fingerprint density at radius 3 is 2.70 bits per heavy atom. The summed E-state index contributed by atoms with van der Waals surface area (Å²) in [5.41, 5.74) is 1.66. The molecule has 4 heteroatoms. The number of likely N-dealkylation sites (tertiary alicyclic amines) is 2. The van der Waals surface area contributed by atoms with Gasteiger partial charge in [0.2, 0.25) is 0 Å². The lowest BCUT2D eigenvalue weighted by molar-refractivity contribution is 0.0408. The van der Waals surface area contributed by atoms with Gasteiger partial charge in [0.15, 0.2) is 0 Å². The molecular weight excluding hydrogens is 286 g/mol. The van der Waals surface area contributed by atoms with Crippen molar-refractivity contribution in [2.24, 2.45) is 0 Å². The number of aromatic nitrogens is 1. The molecular formula is C19H23N3O. The fourth-order valence-electron chi connectivity index (χ4n) is 4.22. The maximum atomic E-state index is 12.9. The first-order valence-electron chi connectivity index (χ1n) is 8.54. The summed E-state index contributed by atoms with van der Waals surface area (Å²) in [4.78, 5) is 22.0. The highest BCUT2D eigenvalue weighted by atomic mass is 16.2. The van der Waals surface area contributed by atoms with Gasteiger partial charge in [-0.25, -0.2) is 4.98 Å². The number of likely N-dealkylation sites (N-methyl/N-ethyl adjacent to an activating group) is 1. The Kier molecular flexibility index (Phi) is 3.57. The lowest BCUT2D eigenvalue weighted by Gasteiger charge is -2.44. The second-order valence-corrected chi connectivity index (χ2v) is 6.97. The third-order valence-electron chi connectivity index (χ3n) is 5.61. The average molecular weight is 309 g/mol. The molecule has 1 amide bonds. The molecule has 120 valence electrons. The zero-order valence-electron chi connectivity index (χ0n) is 13.7. The van der Waals surface area contributed by atoms with Gasteiger partial charge in [-0.15, -0.1) is 0 Å². The van der Waals surface area contributed by atoms with E-state index in [4.69, 9.17) is 0 Å². The summed E-state index contributed by atoms with van der Waals surface area (Å²) in [6.45, 7) is 2.84. The summed E-state index contributed by atoms with van der Waals surface area (Å²) in [5, 5.41) is 1.08. The van der Waals surface area contributed by atoms with E-state index in [0.29, 0.717) is 5.69 Å². The van der Waals surface area contributed by atoms with Crippen LogP contribution in [0.15, 0.2) is 36.4 Å². The van der Waals surface area contributed by atoms with Crippen LogP contribution in [0.25, 0.3) is 10.9 Å². The van der Waals surface area contributed by atoms with Crippen LogP contribution in [0.5, 0.6) is 0 Å². The molecule has 2 fully saturated rings. The number of piperidine rings is 1. The van der Waals surface area contributed by atoms with Crippen molar-refractivity contribution in [2.45, 2.75) is 31.2 Å². The molecule has 2 aromatic rings. The van der Waals surface area contributed by atoms with Crippen molar-refractivity contribution in [3.63, 3.8) is 0 Å². The maximum Gasteiger partial charge on any atom is 0.272 e. The molecule has 0 bridgehead atoms. The van der Waals surface area contributed by atoms with Gasteiger partial charge in [-0.3, -0.25) is 9.69 Å². The fourth-order valence-corrected chi connectivity index (χ4v) is 4.22. The second-order valence-electron chi connectivity index (χ2n) is 6.97. The first kappa shape index (κ1) is 14.6. The van der Waals surface area contributed by atoms with Crippen molar-refractivity contribution in [1.29, 1.82) is 0 Å². The van der Waals surface area contributed by atoms with Crippen LogP contribution in [0, 0.1) is 0 Å². The van der Waals surface area contributed by atoms with Crippen LogP contribution in [0.4, 0.5) is 0 Å². The molecule has 1 aromatic heterocycles. The van der Waals surface area contributed by atoms with Gasteiger partial charge in [-0.2, -0.15) is 0 Å². The van der Waals surface area contributed by atoms with E-state index >= 15 is 0 Å². The van der Waals surface area contributed by atoms with Crippen LogP contribution in [-0.2, 0) is 0 Å². The number of pyridine rings is 1. The van der Waals surface area contributed by atoms with E-state index < -0.39 is 0 Å². The molecule has 4 nitrogen and oxygen atoms in total. The van der Waals surface area contributed by atoms with Crippen molar-refractivity contribution in [3.8, 4) is 0 Å². The van der Waals surface area contributed by atoms with Gasteiger partial charge >= 0.3 is 0 Å². The molecule has 0 unspecified atom stereocenters. The topological polar surface area (TPSA) is 36.4 Å². The van der Waals surface area contributed by atoms with Crippen molar-refractivity contribution < 1.29 is 4.79 Å². The first-order valence-corrected chi connectivity index (χ1v) is 8.54. The Balaban J connectivity index is 1.60. The summed E-state index contributed by atoms with van der Waals surface area (Å²) >= 11 is 0. The predicted octanol–water partition coefficient (Wildman–Crippen LogP) is 2.94. The summed E-state index contributed by atoms with van der Waals surface area (Å²) in [7, 11) is 2.20. The molecule has 2 aliphatic rings. The molecule has 2 aliphatic heterocycles. The predicted molar refractivity (Wildman–Crippen MR) is 91.5 cm³/mol. The summed E-state index contributed by atoms with van der Waals surface area (Å²) in [6, 6.07) is 11.8. The molecule has 0 N–H and O–H groups in total. The molecule has 1 spiro atoms. The number of hydrogen-bond acceptors (Lipinski definition) is 3. The molecule has 0 radical (unpaired) electrons. The highest BCUT2D eigenvalue weighted by Gasteiger charge is 2.43. The van der Waals surface area contributed by atoms with E-state index in [2.05, 4.69) is 16.9 Å². The summed E-state index contributed by atoms with van der Waals surface area (Å²) in [5.74, 6) is 0.0788. The minimum atomic E-state index is 0.0788. The number of hydrogen-bond donors (Lipinski definition) is 0. The monoisotopic (exact) mass is 309 g/mol. The first-order chi connectivity index (χ1) is 11.2. The molecule has 0 saturated carbocycles. The van der Waals surface area contributed by atoms with Gasteiger partial charge in [-0.05, 0) is 51.4 Å². The normalized spacial score (nSPS) is 25.3. The summed E-state index contributed by atoms with van der Waals surface area (Å²) in [6.07, 6.45) is 4.74. The molecule has 1 aromatic carbocycles. The number of fused-ring (bicyclic) bond motifs is 1. The van der Waals surface area contributed by atoms with Crippen LogP contribution < -0.4 is 0 Å².